The molecular weight excluding hydrogens is 270 g/mol. The van der Waals surface area contributed by atoms with Gasteiger partial charge >= 0.3 is 0 Å². The summed E-state index contributed by atoms with van der Waals surface area (Å²) < 4.78 is 25.2. The molecule has 1 rings (SSSR count). The number of rotatable bonds is 8. The van der Waals surface area contributed by atoms with Gasteiger partial charge in [-0.3, -0.25) is 0 Å². The van der Waals surface area contributed by atoms with Crippen molar-refractivity contribution in [2.45, 2.75) is 45.4 Å². The maximum atomic E-state index is 12.6. The fraction of sp³-hybridized carbons (Fsp3) is 0.625. The number of hydrogen-bond acceptors (Lipinski definition) is 3. The molecule has 3 nitrogen and oxygen atoms in total. The molecule has 0 aliphatic carbocycles. The van der Waals surface area contributed by atoms with Gasteiger partial charge in [-0.05, 0) is 24.4 Å². The summed E-state index contributed by atoms with van der Waals surface area (Å²) in [5, 5.41) is 2.98. The topological polar surface area (TPSA) is 46.2 Å². The minimum Gasteiger partial charge on any atom is -0.309 e. The molecule has 0 bridgehead atoms. The quantitative estimate of drug-likeness (QED) is 0.801. The smallest absolute Gasteiger partial charge is 0.155 e. The first kappa shape index (κ1) is 17.2. The third-order valence-corrected chi connectivity index (χ3v) is 6.09. The molecule has 0 aromatic heterocycles. The van der Waals surface area contributed by atoms with Gasteiger partial charge in [-0.15, -0.1) is 0 Å². The first-order valence-corrected chi connectivity index (χ1v) is 9.15. The fourth-order valence-electron chi connectivity index (χ4n) is 2.73. The fourth-order valence-corrected chi connectivity index (χ4v) is 5.07. The van der Waals surface area contributed by atoms with Crippen LogP contribution in [0.2, 0.25) is 0 Å². The Hall–Kier alpha value is -0.870. The maximum absolute atomic E-state index is 12.6. The number of benzene rings is 1. The van der Waals surface area contributed by atoms with Crippen LogP contribution >= 0.6 is 0 Å². The van der Waals surface area contributed by atoms with Gasteiger partial charge in [0.2, 0.25) is 0 Å². The summed E-state index contributed by atoms with van der Waals surface area (Å²) in [5.74, 6) is 0.334. The van der Waals surface area contributed by atoms with Crippen molar-refractivity contribution in [2.75, 3.05) is 12.3 Å². The molecule has 0 saturated heterocycles. The zero-order valence-corrected chi connectivity index (χ0v) is 13.8. The van der Waals surface area contributed by atoms with Crippen LogP contribution in [0.4, 0.5) is 0 Å². The van der Waals surface area contributed by atoms with E-state index in [4.69, 9.17) is 0 Å². The molecule has 2 atom stereocenters. The summed E-state index contributed by atoms with van der Waals surface area (Å²) in [6, 6.07) is 9.75. The van der Waals surface area contributed by atoms with Gasteiger partial charge in [0, 0.05) is 6.04 Å². The lowest BCUT2D eigenvalue weighted by atomic mass is 9.96. The predicted octanol–water partition coefficient (Wildman–Crippen LogP) is 3.19. The minimum atomic E-state index is -3.10. The predicted molar refractivity (Wildman–Crippen MR) is 85.6 cm³/mol. The van der Waals surface area contributed by atoms with Crippen LogP contribution in [0, 0.1) is 5.92 Å². The molecule has 1 aromatic rings. The molecule has 20 heavy (non-hydrogen) atoms. The molecular formula is C16H27NO2S. The lowest BCUT2D eigenvalue weighted by Gasteiger charge is -2.31. The van der Waals surface area contributed by atoms with Crippen LogP contribution in [0.1, 0.15) is 45.7 Å². The van der Waals surface area contributed by atoms with Crippen molar-refractivity contribution in [2.24, 2.45) is 5.92 Å². The maximum Gasteiger partial charge on any atom is 0.155 e. The van der Waals surface area contributed by atoms with Gasteiger partial charge in [-0.25, -0.2) is 8.42 Å². The standard InChI is InChI=1S/C16H27NO2S/c1-5-12-20(18,19)16(13(3)4)15(17-6-2)14-10-8-7-9-11-14/h7-11,13,15-17H,5-6,12H2,1-4H3. The van der Waals surface area contributed by atoms with E-state index in [-0.39, 0.29) is 23.0 Å². The van der Waals surface area contributed by atoms with Crippen LogP contribution in [0.15, 0.2) is 30.3 Å². The second kappa shape index (κ2) is 7.79. The summed E-state index contributed by atoms with van der Waals surface area (Å²) >= 11 is 0. The zero-order valence-electron chi connectivity index (χ0n) is 13.0. The Morgan fingerprint density at radius 2 is 1.70 bits per heavy atom. The average Bonchev–Trinajstić information content (AvgIpc) is 2.38. The Morgan fingerprint density at radius 3 is 2.15 bits per heavy atom. The Morgan fingerprint density at radius 1 is 1.10 bits per heavy atom. The summed E-state index contributed by atoms with van der Waals surface area (Å²) in [5.41, 5.74) is 1.05. The Kier molecular flexibility index (Phi) is 6.69. The SMILES string of the molecule is CCCS(=O)(=O)C(C(C)C)C(NCC)c1ccccc1. The van der Waals surface area contributed by atoms with Gasteiger partial charge in [0.15, 0.2) is 9.84 Å². The highest BCUT2D eigenvalue weighted by molar-refractivity contribution is 7.92. The molecule has 0 aliphatic heterocycles. The highest BCUT2D eigenvalue weighted by Crippen LogP contribution is 2.28. The van der Waals surface area contributed by atoms with E-state index in [0.29, 0.717) is 6.42 Å². The summed E-state index contributed by atoms with van der Waals surface area (Å²) in [6.07, 6.45) is 0.666. The van der Waals surface area contributed by atoms with Gasteiger partial charge < -0.3 is 5.32 Å². The monoisotopic (exact) mass is 297 g/mol. The van der Waals surface area contributed by atoms with E-state index >= 15 is 0 Å². The van der Waals surface area contributed by atoms with Gasteiger partial charge in [0.05, 0.1) is 11.0 Å². The normalized spacial score (nSPS) is 15.2. The van der Waals surface area contributed by atoms with Crippen LogP contribution in [-0.2, 0) is 9.84 Å². The van der Waals surface area contributed by atoms with Gasteiger partial charge in [-0.1, -0.05) is 58.0 Å². The number of nitrogens with one attached hydrogen (secondary N) is 1. The van der Waals surface area contributed by atoms with Gasteiger partial charge in [0.25, 0.3) is 0 Å². The molecule has 0 heterocycles. The summed E-state index contributed by atoms with van der Waals surface area (Å²) in [4.78, 5) is 0. The van der Waals surface area contributed by atoms with Crippen molar-refractivity contribution in [1.29, 1.82) is 0 Å². The van der Waals surface area contributed by atoms with Crippen LogP contribution in [0.3, 0.4) is 0 Å². The molecule has 0 spiro atoms. The van der Waals surface area contributed by atoms with E-state index in [1.165, 1.54) is 0 Å². The van der Waals surface area contributed by atoms with Crippen molar-refractivity contribution >= 4 is 9.84 Å². The molecule has 1 aromatic carbocycles. The van der Waals surface area contributed by atoms with Crippen molar-refractivity contribution in [3.05, 3.63) is 35.9 Å². The second-order valence-corrected chi connectivity index (χ2v) is 7.80. The first-order valence-electron chi connectivity index (χ1n) is 7.43. The highest BCUT2D eigenvalue weighted by Gasteiger charge is 2.35. The zero-order chi connectivity index (χ0) is 15.2. The molecule has 2 unspecified atom stereocenters. The minimum absolute atomic E-state index is 0.0795. The third kappa shape index (κ3) is 4.32. The molecule has 0 aliphatic rings. The first-order chi connectivity index (χ1) is 9.44. The summed E-state index contributed by atoms with van der Waals surface area (Å²) in [7, 11) is -3.10. The van der Waals surface area contributed by atoms with E-state index in [1.807, 2.05) is 58.0 Å². The Bertz CT molecular complexity index is 482. The lowest BCUT2D eigenvalue weighted by Crippen LogP contribution is -2.41. The van der Waals surface area contributed by atoms with Gasteiger partial charge in [-0.2, -0.15) is 0 Å². The third-order valence-electron chi connectivity index (χ3n) is 3.47. The molecule has 1 N–H and O–H groups in total. The number of sulfone groups is 1. The summed E-state index contributed by atoms with van der Waals surface area (Å²) in [6.45, 7) is 8.67. The molecule has 114 valence electrons. The Balaban J connectivity index is 3.20. The van der Waals surface area contributed by atoms with Crippen LogP contribution in [0.25, 0.3) is 0 Å². The Labute approximate surface area is 123 Å². The van der Waals surface area contributed by atoms with E-state index in [1.54, 1.807) is 0 Å². The molecule has 0 radical (unpaired) electrons. The second-order valence-electron chi connectivity index (χ2n) is 5.52. The van der Waals surface area contributed by atoms with Crippen LogP contribution in [0.5, 0.6) is 0 Å². The molecule has 0 amide bonds. The van der Waals surface area contributed by atoms with E-state index in [2.05, 4.69) is 5.32 Å². The van der Waals surface area contributed by atoms with Crippen molar-refractivity contribution in [3.63, 3.8) is 0 Å². The van der Waals surface area contributed by atoms with E-state index in [0.717, 1.165) is 12.1 Å². The largest absolute Gasteiger partial charge is 0.309 e. The average molecular weight is 297 g/mol. The lowest BCUT2D eigenvalue weighted by molar-refractivity contribution is 0.427. The molecule has 4 heteroatoms. The van der Waals surface area contributed by atoms with Crippen molar-refractivity contribution in [3.8, 4) is 0 Å². The van der Waals surface area contributed by atoms with Crippen molar-refractivity contribution in [1.82, 2.24) is 5.32 Å². The van der Waals surface area contributed by atoms with Crippen LogP contribution < -0.4 is 5.32 Å². The van der Waals surface area contributed by atoms with Gasteiger partial charge in [0.1, 0.15) is 0 Å². The highest BCUT2D eigenvalue weighted by atomic mass is 32.2. The van der Waals surface area contributed by atoms with Crippen LogP contribution in [-0.4, -0.2) is 26.0 Å². The van der Waals surface area contributed by atoms with E-state index in [9.17, 15) is 8.42 Å². The molecule has 0 fully saturated rings. The molecule has 0 saturated carbocycles. The number of hydrogen-bond donors (Lipinski definition) is 1. The van der Waals surface area contributed by atoms with E-state index < -0.39 is 9.84 Å². The van der Waals surface area contributed by atoms with Crippen molar-refractivity contribution < 1.29 is 8.42 Å².